The highest BCUT2D eigenvalue weighted by atomic mass is 16.6. The Morgan fingerprint density at radius 3 is 2.67 bits per heavy atom. The standard InChI is InChI=1S/C16H20N2O3/c19-15(17-13-8-9-13)14-7-4-10-18(14)16(20)21-11-12-5-2-1-3-6-12/h1-3,5-6,13-14H,4,7-11H2,(H,17,19)/t14-/m1/s1. The Labute approximate surface area is 124 Å². The number of benzene rings is 1. The van der Waals surface area contributed by atoms with E-state index in [1.807, 2.05) is 30.3 Å². The molecule has 112 valence electrons. The zero-order valence-electron chi connectivity index (χ0n) is 12.0. The number of rotatable bonds is 4. The van der Waals surface area contributed by atoms with E-state index < -0.39 is 6.09 Å². The van der Waals surface area contributed by atoms with Crippen LogP contribution in [-0.2, 0) is 16.1 Å². The smallest absolute Gasteiger partial charge is 0.410 e. The SMILES string of the molecule is O=C(NC1CC1)[C@H]1CCCN1C(=O)OCc1ccccc1. The predicted molar refractivity (Wildman–Crippen MR) is 77.5 cm³/mol. The normalized spacial score (nSPS) is 21.1. The second kappa shape index (κ2) is 6.16. The van der Waals surface area contributed by atoms with E-state index in [1.165, 1.54) is 0 Å². The molecule has 1 saturated heterocycles. The molecule has 1 aromatic carbocycles. The summed E-state index contributed by atoms with van der Waals surface area (Å²) in [6.07, 6.45) is 3.28. The van der Waals surface area contributed by atoms with Crippen LogP contribution in [0.1, 0.15) is 31.2 Å². The van der Waals surface area contributed by atoms with E-state index in [4.69, 9.17) is 4.74 Å². The number of amides is 2. The van der Waals surface area contributed by atoms with E-state index in [2.05, 4.69) is 5.32 Å². The van der Waals surface area contributed by atoms with E-state index in [1.54, 1.807) is 4.90 Å². The number of nitrogens with zero attached hydrogens (tertiary/aromatic N) is 1. The van der Waals surface area contributed by atoms with Crippen molar-refractivity contribution < 1.29 is 14.3 Å². The van der Waals surface area contributed by atoms with Gasteiger partial charge in [-0.05, 0) is 31.2 Å². The van der Waals surface area contributed by atoms with E-state index in [9.17, 15) is 9.59 Å². The highest BCUT2D eigenvalue weighted by molar-refractivity contribution is 5.86. The third-order valence-corrected chi connectivity index (χ3v) is 3.92. The molecule has 2 fully saturated rings. The minimum absolute atomic E-state index is 0.0355. The first-order valence-corrected chi connectivity index (χ1v) is 7.52. The molecule has 0 bridgehead atoms. The molecule has 0 spiro atoms. The van der Waals surface area contributed by atoms with Gasteiger partial charge in [-0.3, -0.25) is 9.69 Å². The molecule has 2 amide bonds. The van der Waals surface area contributed by atoms with Gasteiger partial charge in [-0.25, -0.2) is 4.79 Å². The van der Waals surface area contributed by atoms with Crippen LogP contribution in [0.5, 0.6) is 0 Å². The molecule has 0 aromatic heterocycles. The molecule has 1 aliphatic heterocycles. The second-order valence-electron chi connectivity index (χ2n) is 5.67. The number of likely N-dealkylation sites (tertiary alicyclic amines) is 1. The van der Waals surface area contributed by atoms with Gasteiger partial charge in [0.25, 0.3) is 0 Å². The van der Waals surface area contributed by atoms with Crippen LogP contribution in [0.25, 0.3) is 0 Å². The van der Waals surface area contributed by atoms with Gasteiger partial charge in [0.2, 0.25) is 5.91 Å². The van der Waals surface area contributed by atoms with Gasteiger partial charge in [0.05, 0.1) is 0 Å². The summed E-state index contributed by atoms with van der Waals surface area (Å²) in [6, 6.07) is 9.51. The number of hydrogen-bond donors (Lipinski definition) is 1. The number of carbonyl (C=O) groups excluding carboxylic acids is 2. The Morgan fingerprint density at radius 1 is 1.19 bits per heavy atom. The van der Waals surface area contributed by atoms with Crippen LogP contribution in [0.15, 0.2) is 30.3 Å². The van der Waals surface area contributed by atoms with E-state index in [0.29, 0.717) is 12.6 Å². The van der Waals surface area contributed by atoms with Crippen LogP contribution in [0.2, 0.25) is 0 Å². The topological polar surface area (TPSA) is 58.6 Å². The molecule has 5 heteroatoms. The summed E-state index contributed by atoms with van der Waals surface area (Å²) >= 11 is 0. The zero-order chi connectivity index (χ0) is 14.7. The van der Waals surface area contributed by atoms with Crippen LogP contribution in [-0.4, -0.2) is 35.5 Å². The van der Waals surface area contributed by atoms with Crippen LogP contribution < -0.4 is 5.32 Å². The van der Waals surface area contributed by atoms with Crippen molar-refractivity contribution >= 4 is 12.0 Å². The molecular weight excluding hydrogens is 268 g/mol. The van der Waals surface area contributed by atoms with Gasteiger partial charge in [-0.2, -0.15) is 0 Å². The van der Waals surface area contributed by atoms with Crippen LogP contribution >= 0.6 is 0 Å². The van der Waals surface area contributed by atoms with E-state index >= 15 is 0 Å². The monoisotopic (exact) mass is 288 g/mol. The van der Waals surface area contributed by atoms with Gasteiger partial charge in [0.1, 0.15) is 12.6 Å². The van der Waals surface area contributed by atoms with Crippen molar-refractivity contribution in [1.82, 2.24) is 10.2 Å². The van der Waals surface area contributed by atoms with Crippen LogP contribution in [0.3, 0.4) is 0 Å². The first kappa shape index (κ1) is 13.9. The fourth-order valence-electron chi connectivity index (χ4n) is 2.59. The molecule has 1 N–H and O–H groups in total. The minimum Gasteiger partial charge on any atom is -0.445 e. The van der Waals surface area contributed by atoms with Crippen molar-refractivity contribution in [2.24, 2.45) is 0 Å². The number of nitrogens with one attached hydrogen (secondary N) is 1. The Kier molecular flexibility index (Phi) is 4.08. The lowest BCUT2D eigenvalue weighted by Gasteiger charge is -2.23. The summed E-state index contributed by atoms with van der Waals surface area (Å²) < 4.78 is 5.32. The lowest BCUT2D eigenvalue weighted by Crippen LogP contribution is -2.46. The summed E-state index contributed by atoms with van der Waals surface area (Å²) in [5, 5.41) is 2.97. The molecule has 21 heavy (non-hydrogen) atoms. The highest BCUT2D eigenvalue weighted by Gasteiger charge is 2.37. The molecule has 0 unspecified atom stereocenters. The van der Waals surface area contributed by atoms with Crippen molar-refractivity contribution in [3.63, 3.8) is 0 Å². The molecule has 1 heterocycles. The summed E-state index contributed by atoms with van der Waals surface area (Å²) in [5.41, 5.74) is 0.948. The molecule has 2 aliphatic rings. The van der Waals surface area contributed by atoms with Crippen LogP contribution in [0, 0.1) is 0 Å². The predicted octanol–water partition coefficient (Wildman–Crippen LogP) is 2.07. The first-order chi connectivity index (χ1) is 10.2. The minimum atomic E-state index is -0.396. The third-order valence-electron chi connectivity index (χ3n) is 3.92. The van der Waals surface area contributed by atoms with Gasteiger partial charge in [-0.1, -0.05) is 30.3 Å². The van der Waals surface area contributed by atoms with Crippen molar-refractivity contribution in [2.75, 3.05) is 6.54 Å². The number of carbonyl (C=O) groups is 2. The lowest BCUT2D eigenvalue weighted by atomic mass is 10.2. The highest BCUT2D eigenvalue weighted by Crippen LogP contribution is 2.23. The molecule has 1 saturated carbocycles. The van der Waals surface area contributed by atoms with Gasteiger partial charge >= 0.3 is 6.09 Å². The molecule has 0 radical (unpaired) electrons. The molecule has 3 rings (SSSR count). The van der Waals surface area contributed by atoms with Crippen molar-refractivity contribution in [3.05, 3.63) is 35.9 Å². The average molecular weight is 288 g/mol. The van der Waals surface area contributed by atoms with Crippen molar-refractivity contribution in [3.8, 4) is 0 Å². The maximum Gasteiger partial charge on any atom is 0.410 e. The maximum atomic E-state index is 12.2. The van der Waals surface area contributed by atoms with Crippen molar-refractivity contribution in [1.29, 1.82) is 0 Å². The Balaban J connectivity index is 1.54. The Bertz CT molecular complexity index is 514. The molecule has 5 nitrogen and oxygen atoms in total. The Hall–Kier alpha value is -2.04. The van der Waals surface area contributed by atoms with Crippen LogP contribution in [0.4, 0.5) is 4.79 Å². The Morgan fingerprint density at radius 2 is 1.95 bits per heavy atom. The quantitative estimate of drug-likeness (QED) is 0.922. The van der Waals surface area contributed by atoms with Gasteiger partial charge in [0.15, 0.2) is 0 Å². The van der Waals surface area contributed by atoms with E-state index in [0.717, 1.165) is 31.2 Å². The fourth-order valence-corrected chi connectivity index (χ4v) is 2.59. The number of hydrogen-bond acceptors (Lipinski definition) is 3. The summed E-state index contributed by atoms with van der Waals surface area (Å²) in [7, 11) is 0. The molecule has 1 aliphatic carbocycles. The lowest BCUT2D eigenvalue weighted by molar-refractivity contribution is -0.125. The maximum absolute atomic E-state index is 12.2. The third kappa shape index (κ3) is 3.54. The number of ether oxygens (including phenoxy) is 1. The van der Waals surface area contributed by atoms with Gasteiger partial charge in [-0.15, -0.1) is 0 Å². The first-order valence-electron chi connectivity index (χ1n) is 7.52. The zero-order valence-corrected chi connectivity index (χ0v) is 12.0. The summed E-state index contributed by atoms with van der Waals surface area (Å²) in [6.45, 7) is 0.837. The van der Waals surface area contributed by atoms with Crippen molar-refractivity contribution in [2.45, 2.75) is 44.4 Å². The molecule has 1 aromatic rings. The second-order valence-corrected chi connectivity index (χ2v) is 5.67. The van der Waals surface area contributed by atoms with Gasteiger partial charge in [0, 0.05) is 12.6 Å². The molecule has 1 atom stereocenters. The molecular formula is C16H20N2O3. The van der Waals surface area contributed by atoms with E-state index in [-0.39, 0.29) is 18.6 Å². The summed E-state index contributed by atoms with van der Waals surface area (Å²) in [5.74, 6) is -0.0355. The summed E-state index contributed by atoms with van der Waals surface area (Å²) in [4.78, 5) is 25.8. The van der Waals surface area contributed by atoms with Gasteiger partial charge < -0.3 is 10.1 Å². The fraction of sp³-hybridized carbons (Fsp3) is 0.500. The average Bonchev–Trinajstić information content (AvgIpc) is 3.18. The largest absolute Gasteiger partial charge is 0.445 e.